The van der Waals surface area contributed by atoms with Crippen molar-refractivity contribution in [2.45, 2.75) is 39.2 Å². The number of hydrogen-bond acceptors (Lipinski definition) is 1. The Labute approximate surface area is 87.0 Å². The molecule has 0 bridgehead atoms. The van der Waals surface area contributed by atoms with Crippen LogP contribution in [0.25, 0.3) is 0 Å². The second kappa shape index (κ2) is 4.76. The fourth-order valence-electron chi connectivity index (χ4n) is 1.90. The minimum atomic E-state index is -0.0104. The van der Waals surface area contributed by atoms with Crippen LogP contribution in [0.2, 0.25) is 0 Å². The normalized spacial score (nSPS) is 40.5. The maximum Gasteiger partial charge on any atom is 1.00 e. The molecule has 0 heterocycles. The molecule has 1 N–H and O–H groups in total. The summed E-state index contributed by atoms with van der Waals surface area (Å²) in [6, 6.07) is 0. The molecule has 1 nitrogen and oxygen atoms in total. The first-order chi connectivity index (χ1) is 4.18. The van der Waals surface area contributed by atoms with Gasteiger partial charge in [0.1, 0.15) is 0 Å². The summed E-state index contributed by atoms with van der Waals surface area (Å²) in [5.41, 5.74) is 0. The molecule has 0 amide bonds. The SMILES string of the molecule is CC1CC(C)CC(O)C1.[H-].[Na+]. The van der Waals surface area contributed by atoms with Gasteiger partial charge in [-0.25, -0.2) is 0 Å². The Bertz CT molecular complexity index is 75.1. The quantitative estimate of drug-likeness (QED) is 0.438. The van der Waals surface area contributed by atoms with E-state index in [1.54, 1.807) is 0 Å². The van der Waals surface area contributed by atoms with Crippen molar-refractivity contribution in [1.82, 2.24) is 0 Å². The Balaban J connectivity index is 0. The average Bonchev–Trinajstić information content (AvgIpc) is 1.59. The van der Waals surface area contributed by atoms with Gasteiger partial charge in [0, 0.05) is 0 Å². The maximum absolute atomic E-state index is 9.25. The van der Waals surface area contributed by atoms with Crippen LogP contribution in [-0.2, 0) is 0 Å². The Hall–Kier alpha value is 0.960. The molecule has 0 aromatic carbocycles. The summed E-state index contributed by atoms with van der Waals surface area (Å²) in [6.45, 7) is 4.44. The van der Waals surface area contributed by atoms with E-state index in [2.05, 4.69) is 13.8 Å². The molecular weight excluding hydrogens is 135 g/mol. The van der Waals surface area contributed by atoms with E-state index in [1.165, 1.54) is 6.42 Å². The Kier molecular flexibility index (Phi) is 5.22. The van der Waals surface area contributed by atoms with Crippen LogP contribution in [0, 0.1) is 11.8 Å². The van der Waals surface area contributed by atoms with E-state index >= 15 is 0 Å². The number of hydrogen-bond donors (Lipinski definition) is 1. The monoisotopic (exact) mass is 152 g/mol. The molecule has 0 radical (unpaired) electrons. The van der Waals surface area contributed by atoms with Crippen molar-refractivity contribution in [3.8, 4) is 0 Å². The van der Waals surface area contributed by atoms with Crippen molar-refractivity contribution in [1.29, 1.82) is 0 Å². The minimum absolute atomic E-state index is 0. The zero-order valence-corrected chi connectivity index (χ0v) is 9.30. The largest absolute Gasteiger partial charge is 1.00 e. The standard InChI is InChI=1S/C8H16O.Na.H/c1-6-3-7(2)5-8(9)4-6;;/h6-9H,3-5H2,1-2H3;;/q;+1;-1. The van der Waals surface area contributed by atoms with Gasteiger partial charge in [-0.3, -0.25) is 0 Å². The van der Waals surface area contributed by atoms with Crippen LogP contribution in [0.5, 0.6) is 0 Å². The molecule has 0 aromatic rings. The minimum Gasteiger partial charge on any atom is -1.00 e. The molecule has 1 aliphatic rings. The van der Waals surface area contributed by atoms with Gasteiger partial charge in [-0.05, 0) is 31.1 Å². The molecule has 56 valence electrons. The summed E-state index contributed by atoms with van der Waals surface area (Å²) >= 11 is 0. The summed E-state index contributed by atoms with van der Waals surface area (Å²) in [5.74, 6) is 1.48. The van der Waals surface area contributed by atoms with E-state index in [-0.39, 0.29) is 37.1 Å². The van der Waals surface area contributed by atoms with Gasteiger partial charge >= 0.3 is 29.6 Å². The van der Waals surface area contributed by atoms with Gasteiger partial charge in [0.2, 0.25) is 0 Å². The molecule has 2 unspecified atom stereocenters. The zero-order valence-electron chi connectivity index (χ0n) is 8.30. The molecule has 1 fully saturated rings. The van der Waals surface area contributed by atoms with Crippen LogP contribution >= 0.6 is 0 Å². The maximum atomic E-state index is 9.25. The van der Waals surface area contributed by atoms with Crippen LogP contribution in [0.15, 0.2) is 0 Å². The van der Waals surface area contributed by atoms with Crippen LogP contribution in [-0.4, -0.2) is 11.2 Å². The summed E-state index contributed by atoms with van der Waals surface area (Å²) in [6.07, 6.45) is 3.33. The number of aliphatic hydroxyl groups is 1. The first-order valence-corrected chi connectivity index (χ1v) is 3.86. The van der Waals surface area contributed by atoms with Crippen molar-refractivity contribution < 1.29 is 36.1 Å². The summed E-state index contributed by atoms with van der Waals surface area (Å²) in [4.78, 5) is 0. The molecular formula is C8H17NaO. The molecule has 1 rings (SSSR count). The molecule has 0 spiro atoms. The second-order valence-corrected chi connectivity index (χ2v) is 3.57. The van der Waals surface area contributed by atoms with Crippen molar-refractivity contribution >= 4 is 0 Å². The average molecular weight is 152 g/mol. The first kappa shape index (κ1) is 11.0. The Morgan fingerprint density at radius 3 is 1.80 bits per heavy atom. The van der Waals surface area contributed by atoms with E-state index in [9.17, 15) is 5.11 Å². The van der Waals surface area contributed by atoms with Crippen molar-refractivity contribution in [3.05, 3.63) is 0 Å². The van der Waals surface area contributed by atoms with Crippen molar-refractivity contribution in [3.63, 3.8) is 0 Å². The Morgan fingerprint density at radius 2 is 1.50 bits per heavy atom. The summed E-state index contributed by atoms with van der Waals surface area (Å²) in [7, 11) is 0. The third-order valence-electron chi connectivity index (χ3n) is 2.15. The fraction of sp³-hybridized carbons (Fsp3) is 1.00. The molecule has 2 heteroatoms. The molecule has 1 aliphatic carbocycles. The van der Waals surface area contributed by atoms with Gasteiger partial charge in [-0.1, -0.05) is 13.8 Å². The topological polar surface area (TPSA) is 20.2 Å². The molecule has 0 aliphatic heterocycles. The third kappa shape index (κ3) is 3.38. The van der Waals surface area contributed by atoms with E-state index in [0.29, 0.717) is 0 Å². The van der Waals surface area contributed by atoms with E-state index in [4.69, 9.17) is 0 Å². The first-order valence-electron chi connectivity index (χ1n) is 3.86. The van der Waals surface area contributed by atoms with Crippen molar-refractivity contribution in [2.24, 2.45) is 11.8 Å². The molecule has 0 aromatic heterocycles. The fourth-order valence-corrected chi connectivity index (χ4v) is 1.90. The van der Waals surface area contributed by atoms with Crippen LogP contribution in [0.1, 0.15) is 34.5 Å². The van der Waals surface area contributed by atoms with Gasteiger partial charge < -0.3 is 6.53 Å². The van der Waals surface area contributed by atoms with Gasteiger partial charge in [0.05, 0.1) is 6.10 Å². The molecule has 10 heavy (non-hydrogen) atoms. The molecule has 0 saturated heterocycles. The summed E-state index contributed by atoms with van der Waals surface area (Å²) < 4.78 is 0. The van der Waals surface area contributed by atoms with Crippen LogP contribution in [0.3, 0.4) is 0 Å². The smallest absolute Gasteiger partial charge is 1.00 e. The van der Waals surface area contributed by atoms with E-state index in [1.807, 2.05) is 0 Å². The number of aliphatic hydroxyl groups excluding tert-OH is 1. The van der Waals surface area contributed by atoms with E-state index < -0.39 is 0 Å². The van der Waals surface area contributed by atoms with Crippen LogP contribution in [0.4, 0.5) is 0 Å². The predicted molar refractivity (Wildman–Crippen MR) is 39.3 cm³/mol. The Morgan fingerprint density at radius 1 is 1.10 bits per heavy atom. The van der Waals surface area contributed by atoms with Crippen molar-refractivity contribution in [2.75, 3.05) is 0 Å². The van der Waals surface area contributed by atoms with E-state index in [0.717, 1.165) is 24.7 Å². The van der Waals surface area contributed by atoms with Gasteiger partial charge in [0.15, 0.2) is 0 Å². The second-order valence-electron chi connectivity index (χ2n) is 3.57. The number of rotatable bonds is 0. The predicted octanol–water partition coefficient (Wildman–Crippen LogP) is -1.08. The van der Waals surface area contributed by atoms with Gasteiger partial charge in [-0.15, -0.1) is 0 Å². The molecule has 2 atom stereocenters. The van der Waals surface area contributed by atoms with Gasteiger partial charge in [0.25, 0.3) is 0 Å². The molecule has 1 saturated carbocycles. The van der Waals surface area contributed by atoms with Gasteiger partial charge in [-0.2, -0.15) is 0 Å². The third-order valence-corrected chi connectivity index (χ3v) is 2.15. The summed E-state index contributed by atoms with van der Waals surface area (Å²) in [5, 5.41) is 9.25. The van der Waals surface area contributed by atoms with Crippen LogP contribution < -0.4 is 29.6 Å². The zero-order chi connectivity index (χ0) is 6.85.